The molecule has 1 aliphatic heterocycles. The van der Waals surface area contributed by atoms with Crippen LogP contribution in [0.2, 0.25) is 0 Å². The smallest absolute Gasteiger partial charge is 0.325 e. The van der Waals surface area contributed by atoms with Crippen molar-refractivity contribution in [2.75, 3.05) is 23.9 Å². The number of hydrogen-bond acceptors (Lipinski definition) is 6. The average molecular weight is 380 g/mol. The topological polar surface area (TPSA) is 71.8 Å². The summed E-state index contributed by atoms with van der Waals surface area (Å²) in [5.41, 5.74) is 3.10. The van der Waals surface area contributed by atoms with Crippen LogP contribution in [0.3, 0.4) is 0 Å². The number of anilines is 2. The predicted molar refractivity (Wildman–Crippen MR) is 106 cm³/mol. The molecule has 1 aromatic carbocycles. The van der Waals surface area contributed by atoms with Crippen LogP contribution in [0.1, 0.15) is 38.5 Å². The molecule has 28 heavy (non-hydrogen) atoms. The van der Waals surface area contributed by atoms with Crippen molar-refractivity contribution in [2.24, 2.45) is 5.41 Å². The number of fused-ring (bicyclic) bond motifs is 1. The number of rotatable bonds is 3. The number of ketones is 1. The van der Waals surface area contributed by atoms with E-state index in [9.17, 15) is 9.59 Å². The molecule has 6 nitrogen and oxygen atoms in total. The Morgan fingerprint density at radius 1 is 1.25 bits per heavy atom. The summed E-state index contributed by atoms with van der Waals surface area (Å²) in [6, 6.07) is 10.9. The van der Waals surface area contributed by atoms with Crippen molar-refractivity contribution in [3.05, 3.63) is 59.7 Å². The summed E-state index contributed by atoms with van der Waals surface area (Å²) >= 11 is 0. The maximum Gasteiger partial charge on any atom is 0.325 e. The van der Waals surface area contributed by atoms with Gasteiger partial charge in [-0.3, -0.25) is 9.59 Å². The first-order valence-electron chi connectivity index (χ1n) is 9.39. The van der Waals surface area contributed by atoms with E-state index in [2.05, 4.69) is 19.2 Å². The van der Waals surface area contributed by atoms with Crippen LogP contribution in [0.5, 0.6) is 0 Å². The number of esters is 1. The Morgan fingerprint density at radius 3 is 2.75 bits per heavy atom. The molecule has 0 unspecified atom stereocenters. The van der Waals surface area contributed by atoms with Gasteiger partial charge in [-0.15, -0.1) is 0 Å². The van der Waals surface area contributed by atoms with E-state index < -0.39 is 6.04 Å². The van der Waals surface area contributed by atoms with Crippen LogP contribution in [0.25, 0.3) is 0 Å². The first kappa shape index (κ1) is 18.3. The van der Waals surface area contributed by atoms with E-state index in [0.29, 0.717) is 17.8 Å². The van der Waals surface area contributed by atoms with Crippen molar-refractivity contribution in [1.82, 2.24) is 0 Å². The third kappa shape index (κ3) is 3.19. The van der Waals surface area contributed by atoms with Crippen LogP contribution in [0, 0.1) is 5.41 Å². The summed E-state index contributed by atoms with van der Waals surface area (Å²) in [6.45, 7) is 4.20. The molecule has 2 heterocycles. The zero-order valence-corrected chi connectivity index (χ0v) is 16.3. The minimum Gasteiger partial charge on any atom is -0.468 e. The highest BCUT2D eigenvalue weighted by Crippen LogP contribution is 2.48. The van der Waals surface area contributed by atoms with Crippen molar-refractivity contribution < 1.29 is 18.7 Å². The minimum absolute atomic E-state index is 0.00795. The lowest BCUT2D eigenvalue weighted by atomic mass is 9.74. The van der Waals surface area contributed by atoms with Crippen molar-refractivity contribution in [1.29, 1.82) is 0 Å². The normalized spacial score (nSPS) is 20.8. The van der Waals surface area contributed by atoms with Gasteiger partial charge in [-0.1, -0.05) is 26.0 Å². The average Bonchev–Trinajstić information content (AvgIpc) is 3.13. The Labute approximate surface area is 164 Å². The second kappa shape index (κ2) is 6.86. The fraction of sp³-hybridized carbons (Fsp3) is 0.364. The van der Waals surface area contributed by atoms with E-state index in [1.807, 2.05) is 35.2 Å². The van der Waals surface area contributed by atoms with Crippen LogP contribution in [-0.2, 0) is 14.3 Å². The van der Waals surface area contributed by atoms with Crippen molar-refractivity contribution in [2.45, 2.75) is 32.7 Å². The Kier molecular flexibility index (Phi) is 4.49. The number of allylic oxidation sites excluding steroid dienone is 1. The van der Waals surface area contributed by atoms with Gasteiger partial charge in [0.15, 0.2) is 5.78 Å². The molecule has 1 aromatic heterocycles. The van der Waals surface area contributed by atoms with Gasteiger partial charge in [-0.25, -0.2) is 0 Å². The van der Waals surface area contributed by atoms with Gasteiger partial charge in [0, 0.05) is 17.7 Å². The van der Waals surface area contributed by atoms with Crippen molar-refractivity contribution in [3.63, 3.8) is 0 Å². The number of hydrogen-bond donors (Lipinski definition) is 1. The second-order valence-electron chi connectivity index (χ2n) is 8.10. The number of methoxy groups -OCH3 is 1. The number of nitrogens with zero attached hydrogens (tertiary/aromatic N) is 1. The summed E-state index contributed by atoms with van der Waals surface area (Å²) in [6.07, 6.45) is 2.78. The number of nitrogens with one attached hydrogen (secondary N) is 1. The number of Topliss-reactive ketones (excluding diaryl/α,β-unsaturated/α-hetero) is 1. The number of furan rings is 1. The van der Waals surface area contributed by atoms with E-state index in [1.165, 1.54) is 7.11 Å². The number of benzene rings is 1. The molecule has 0 saturated heterocycles. The Hall–Kier alpha value is -3.02. The molecule has 0 saturated carbocycles. The molecule has 0 spiro atoms. The van der Waals surface area contributed by atoms with Gasteiger partial charge in [0.1, 0.15) is 18.3 Å². The number of ether oxygens (including phenoxy) is 1. The molecule has 0 radical (unpaired) electrons. The molecule has 1 N–H and O–H groups in total. The van der Waals surface area contributed by atoms with Gasteiger partial charge in [0.05, 0.1) is 24.7 Å². The van der Waals surface area contributed by atoms with E-state index in [-0.39, 0.29) is 23.7 Å². The number of carbonyl (C=O) groups excluding carboxylic acids is 2. The number of carbonyl (C=O) groups is 2. The molecule has 2 aliphatic rings. The molecule has 146 valence electrons. The fourth-order valence-corrected chi connectivity index (χ4v) is 4.17. The zero-order valence-electron chi connectivity index (χ0n) is 16.3. The Morgan fingerprint density at radius 2 is 2.04 bits per heavy atom. The monoisotopic (exact) mass is 380 g/mol. The third-order valence-corrected chi connectivity index (χ3v) is 5.34. The van der Waals surface area contributed by atoms with Crippen molar-refractivity contribution in [3.8, 4) is 0 Å². The number of para-hydroxylation sites is 2. The molecule has 0 amide bonds. The summed E-state index contributed by atoms with van der Waals surface area (Å²) in [4.78, 5) is 27.4. The van der Waals surface area contributed by atoms with Gasteiger partial charge in [-0.2, -0.15) is 0 Å². The van der Waals surface area contributed by atoms with Gasteiger partial charge >= 0.3 is 5.97 Å². The van der Waals surface area contributed by atoms with Gasteiger partial charge in [-0.05, 0) is 36.1 Å². The molecular weight excluding hydrogens is 356 g/mol. The van der Waals surface area contributed by atoms with Crippen LogP contribution < -0.4 is 10.2 Å². The lowest BCUT2D eigenvalue weighted by molar-refractivity contribution is -0.139. The predicted octanol–water partition coefficient (Wildman–Crippen LogP) is 4.07. The molecule has 0 bridgehead atoms. The molecule has 1 aliphatic carbocycles. The van der Waals surface area contributed by atoms with Crippen LogP contribution >= 0.6 is 0 Å². The van der Waals surface area contributed by atoms with Gasteiger partial charge in [0.2, 0.25) is 0 Å². The molecule has 2 aromatic rings. The van der Waals surface area contributed by atoms with Crippen LogP contribution in [-0.4, -0.2) is 25.4 Å². The lowest BCUT2D eigenvalue weighted by Crippen LogP contribution is -2.38. The Balaban J connectivity index is 1.94. The maximum absolute atomic E-state index is 13.3. The summed E-state index contributed by atoms with van der Waals surface area (Å²) in [5.74, 6) is 0.324. The first-order chi connectivity index (χ1) is 13.4. The lowest BCUT2D eigenvalue weighted by Gasteiger charge is -2.36. The summed E-state index contributed by atoms with van der Waals surface area (Å²) in [7, 11) is 1.37. The van der Waals surface area contributed by atoms with E-state index >= 15 is 0 Å². The van der Waals surface area contributed by atoms with E-state index in [4.69, 9.17) is 9.15 Å². The molecular formula is C22H24N2O4. The maximum atomic E-state index is 13.3. The highest BCUT2D eigenvalue weighted by molar-refractivity contribution is 6.01. The van der Waals surface area contributed by atoms with E-state index in [0.717, 1.165) is 23.5 Å². The first-order valence-corrected chi connectivity index (χ1v) is 9.39. The minimum atomic E-state index is -0.496. The van der Waals surface area contributed by atoms with Gasteiger partial charge in [0.25, 0.3) is 0 Å². The summed E-state index contributed by atoms with van der Waals surface area (Å²) < 4.78 is 10.7. The quantitative estimate of drug-likeness (QED) is 0.810. The second-order valence-corrected chi connectivity index (χ2v) is 8.10. The zero-order chi connectivity index (χ0) is 19.9. The third-order valence-electron chi connectivity index (χ3n) is 5.34. The van der Waals surface area contributed by atoms with Crippen molar-refractivity contribution >= 4 is 23.1 Å². The molecule has 1 atom stereocenters. The van der Waals surface area contributed by atoms with Crippen LogP contribution in [0.4, 0.5) is 11.4 Å². The summed E-state index contributed by atoms with van der Waals surface area (Å²) in [5, 5.41) is 3.48. The fourth-order valence-electron chi connectivity index (χ4n) is 4.17. The molecule has 0 fully saturated rings. The highest BCUT2D eigenvalue weighted by atomic mass is 16.5. The highest BCUT2D eigenvalue weighted by Gasteiger charge is 2.42. The largest absolute Gasteiger partial charge is 0.468 e. The molecule has 6 heteroatoms. The molecule has 4 rings (SSSR count). The van der Waals surface area contributed by atoms with E-state index in [1.54, 1.807) is 12.3 Å². The Bertz CT molecular complexity index is 943. The van der Waals surface area contributed by atoms with Gasteiger partial charge < -0.3 is 19.4 Å². The SMILES string of the molecule is COC(=O)CN1c2ccccc2NC2=C(C(=O)CC(C)(C)C2)[C@@H]1c1ccco1. The standard InChI is InChI=1S/C22H24N2O4/c1-22(2)11-15-20(17(25)12-22)21(18-9-6-10-28-18)24(13-19(26)27-3)16-8-5-4-7-14(16)23-15/h4-10,21,23H,11-13H2,1-3H3/t21-/m0/s1. The van der Waals surface area contributed by atoms with Crippen LogP contribution in [0.15, 0.2) is 58.3 Å².